The zero-order valence-electron chi connectivity index (χ0n) is 41.7. The number of nitrogens with zero attached hydrogens (tertiary/aromatic N) is 3. The molecule has 0 atom stereocenters. The molecule has 0 aliphatic carbocycles. The number of fused-ring (bicyclic) bond motifs is 14. The summed E-state index contributed by atoms with van der Waals surface area (Å²) < 4.78 is 16.8. The number of hydrogen-bond donors (Lipinski definition) is 0. The Kier molecular flexibility index (Phi) is 9.87. The molecule has 71 heavy (non-hydrogen) atoms. The highest BCUT2D eigenvalue weighted by molar-refractivity contribution is 6.36. The highest BCUT2D eigenvalue weighted by Crippen LogP contribution is 2.54. The molecule has 13 rings (SSSR count). The molecule has 0 saturated carbocycles. The fraction of sp³-hybridized carbons (Fsp3) is 0.182. The van der Waals surface area contributed by atoms with Gasteiger partial charge < -0.3 is 23.0 Å². The molecule has 5 nitrogen and oxygen atoms in total. The average Bonchev–Trinajstić information content (AvgIpc) is 4.15. The zero-order valence-corrected chi connectivity index (χ0v) is 41.7. The van der Waals surface area contributed by atoms with Crippen LogP contribution in [0.5, 0.6) is 0 Å². The zero-order chi connectivity index (χ0) is 48.4. The minimum atomic E-state index is 0.409. The monoisotopic (exact) mass is 923 g/mol. The maximum absolute atomic E-state index is 7.17. The van der Waals surface area contributed by atoms with Crippen LogP contribution < -0.4 is 9.80 Å². The van der Waals surface area contributed by atoms with Crippen LogP contribution in [0, 0.1) is 0 Å². The summed E-state index contributed by atoms with van der Waals surface area (Å²) in [5.41, 5.74) is 18.4. The second-order valence-electron chi connectivity index (χ2n) is 20.9. The summed E-state index contributed by atoms with van der Waals surface area (Å²) in [5, 5.41) is 8.84. The second-order valence-corrected chi connectivity index (χ2v) is 20.9. The second kappa shape index (κ2) is 16.3. The lowest BCUT2D eigenvalue weighted by molar-refractivity contribution is 0.670. The molecule has 0 amide bonds. The van der Waals surface area contributed by atoms with Crippen molar-refractivity contribution in [3.05, 3.63) is 198 Å². The summed E-state index contributed by atoms with van der Waals surface area (Å²) in [6.07, 6.45) is 0. The van der Waals surface area contributed by atoms with E-state index in [9.17, 15) is 0 Å². The molecule has 0 unspecified atom stereocenters. The number of benzene rings is 9. The van der Waals surface area contributed by atoms with E-state index in [0.29, 0.717) is 23.7 Å². The van der Waals surface area contributed by atoms with Gasteiger partial charge in [-0.3, -0.25) is 0 Å². The molecule has 5 heteroatoms. The van der Waals surface area contributed by atoms with E-state index in [2.05, 4.69) is 246 Å². The fourth-order valence-electron chi connectivity index (χ4n) is 11.4. The third kappa shape index (κ3) is 6.59. The van der Waals surface area contributed by atoms with Gasteiger partial charge in [0.05, 0.1) is 16.9 Å². The first kappa shape index (κ1) is 43.0. The van der Waals surface area contributed by atoms with Gasteiger partial charge in [-0.05, 0) is 119 Å². The van der Waals surface area contributed by atoms with Crippen LogP contribution in [0.1, 0.15) is 101 Å². The normalized spacial score (nSPS) is 12.5. The van der Waals surface area contributed by atoms with E-state index in [0.717, 1.165) is 116 Å². The van der Waals surface area contributed by atoms with Crippen LogP contribution in [0.25, 0.3) is 82.0 Å². The molecule has 13 aromatic rings. The van der Waals surface area contributed by atoms with Crippen molar-refractivity contribution >= 4 is 116 Å². The molecule has 0 saturated heterocycles. The Balaban J connectivity index is 1.22. The molecular formula is C66H57N3O2. The topological polar surface area (TPSA) is 37.2 Å². The quantitative estimate of drug-likeness (QED) is 0.137. The third-order valence-corrected chi connectivity index (χ3v) is 15.2. The summed E-state index contributed by atoms with van der Waals surface area (Å²) in [4.78, 5) is 4.93. The lowest BCUT2D eigenvalue weighted by atomic mass is 9.99. The van der Waals surface area contributed by atoms with Crippen molar-refractivity contribution in [3.8, 4) is 0 Å². The standard InChI is InChI=1S/C66H57N3O2/c1-38(2)42-20-28-46(29-21-42)67(47-30-22-43(23-31-47)39(3)4)56-36-54-50-14-9-11-18-58(50)70-65(54)63-60(56)52-16-13-17-53-61-57(37-55-51-15-10-12-19-59(51)71-66(55)64(61)69(63)62(52)53)68(48-32-24-44(25-33-48)40(5)6)49-34-26-45(27-35-49)41(7)8/h9-41H,1-8H3. The molecular weight excluding hydrogens is 867 g/mol. The van der Waals surface area contributed by atoms with Gasteiger partial charge in [0.1, 0.15) is 22.2 Å². The molecule has 9 aromatic carbocycles. The van der Waals surface area contributed by atoms with E-state index < -0.39 is 0 Å². The molecule has 4 heterocycles. The fourth-order valence-corrected chi connectivity index (χ4v) is 11.4. The van der Waals surface area contributed by atoms with Gasteiger partial charge in [0.25, 0.3) is 0 Å². The number of hydrogen-bond acceptors (Lipinski definition) is 4. The summed E-state index contributed by atoms with van der Waals surface area (Å²) in [6, 6.07) is 65.3. The lowest BCUT2D eigenvalue weighted by Crippen LogP contribution is -2.11. The predicted molar refractivity (Wildman–Crippen MR) is 301 cm³/mol. The van der Waals surface area contributed by atoms with Crippen molar-refractivity contribution in [2.45, 2.75) is 79.1 Å². The van der Waals surface area contributed by atoms with Gasteiger partial charge in [0, 0.05) is 65.8 Å². The maximum atomic E-state index is 7.17. The van der Waals surface area contributed by atoms with Gasteiger partial charge in [-0.1, -0.05) is 159 Å². The highest BCUT2D eigenvalue weighted by Gasteiger charge is 2.32. The Labute approximate surface area is 414 Å². The van der Waals surface area contributed by atoms with Gasteiger partial charge in [0.2, 0.25) is 0 Å². The molecule has 0 fully saturated rings. The maximum Gasteiger partial charge on any atom is 0.160 e. The average molecular weight is 924 g/mol. The third-order valence-electron chi connectivity index (χ3n) is 15.2. The van der Waals surface area contributed by atoms with Crippen molar-refractivity contribution < 1.29 is 8.83 Å². The number of para-hydroxylation sites is 3. The Morgan fingerprint density at radius 1 is 0.324 bits per heavy atom. The first-order chi connectivity index (χ1) is 34.5. The minimum absolute atomic E-state index is 0.409. The van der Waals surface area contributed by atoms with E-state index in [1.54, 1.807) is 0 Å². The molecule has 0 aliphatic rings. The van der Waals surface area contributed by atoms with Crippen LogP contribution in [0.2, 0.25) is 0 Å². The van der Waals surface area contributed by atoms with E-state index in [4.69, 9.17) is 8.83 Å². The van der Waals surface area contributed by atoms with Crippen molar-refractivity contribution in [1.29, 1.82) is 0 Å². The van der Waals surface area contributed by atoms with Crippen LogP contribution in [0.15, 0.2) is 185 Å². The van der Waals surface area contributed by atoms with Crippen LogP contribution in [-0.2, 0) is 0 Å². The molecule has 0 N–H and O–H groups in total. The van der Waals surface area contributed by atoms with Gasteiger partial charge in [-0.25, -0.2) is 0 Å². The van der Waals surface area contributed by atoms with E-state index in [1.165, 1.54) is 22.3 Å². The van der Waals surface area contributed by atoms with Crippen molar-refractivity contribution in [2.75, 3.05) is 9.80 Å². The lowest BCUT2D eigenvalue weighted by Gasteiger charge is -2.28. The molecule has 348 valence electrons. The molecule has 0 radical (unpaired) electrons. The van der Waals surface area contributed by atoms with Gasteiger partial charge in [-0.2, -0.15) is 0 Å². The van der Waals surface area contributed by atoms with Crippen molar-refractivity contribution in [2.24, 2.45) is 0 Å². The summed E-state index contributed by atoms with van der Waals surface area (Å²) in [7, 11) is 0. The van der Waals surface area contributed by atoms with Gasteiger partial charge in [-0.15, -0.1) is 0 Å². The van der Waals surface area contributed by atoms with Crippen molar-refractivity contribution in [3.63, 3.8) is 0 Å². The van der Waals surface area contributed by atoms with Crippen molar-refractivity contribution in [1.82, 2.24) is 4.40 Å². The first-order valence-corrected chi connectivity index (χ1v) is 25.4. The number of rotatable bonds is 10. The Bertz CT molecular complexity index is 3780. The Hall–Kier alpha value is -8.02. The van der Waals surface area contributed by atoms with E-state index >= 15 is 0 Å². The highest BCUT2D eigenvalue weighted by atomic mass is 16.3. The van der Waals surface area contributed by atoms with Crippen LogP contribution in [0.4, 0.5) is 34.1 Å². The summed E-state index contributed by atoms with van der Waals surface area (Å²) >= 11 is 0. The molecule has 4 aromatic heterocycles. The van der Waals surface area contributed by atoms with Crippen LogP contribution in [0.3, 0.4) is 0 Å². The predicted octanol–water partition coefficient (Wildman–Crippen LogP) is 20.1. The Morgan fingerprint density at radius 2 is 0.634 bits per heavy atom. The summed E-state index contributed by atoms with van der Waals surface area (Å²) in [5.74, 6) is 1.64. The Morgan fingerprint density at radius 3 is 0.958 bits per heavy atom. The molecule has 0 aliphatic heterocycles. The van der Waals surface area contributed by atoms with E-state index in [1.807, 2.05) is 0 Å². The number of anilines is 6. The first-order valence-electron chi connectivity index (χ1n) is 25.4. The van der Waals surface area contributed by atoms with E-state index in [-0.39, 0.29) is 0 Å². The smallest absolute Gasteiger partial charge is 0.160 e. The van der Waals surface area contributed by atoms with Gasteiger partial charge >= 0.3 is 0 Å². The number of furan rings is 2. The SMILES string of the molecule is CC(C)c1ccc(N(c2ccc(C(C)C)cc2)c2cc3c4ccccc4oc3c3c2c2cccc4c5c(N(c6ccc(C(C)C)cc6)c6ccc(C(C)C)cc6)cc6c7ccccc7oc6c5n3c24)cc1. The largest absolute Gasteiger partial charge is 0.454 e. The van der Waals surface area contributed by atoms with Crippen LogP contribution >= 0.6 is 0 Å². The summed E-state index contributed by atoms with van der Waals surface area (Å²) in [6.45, 7) is 18.1. The molecule has 0 bridgehead atoms. The van der Waals surface area contributed by atoms with Crippen LogP contribution in [-0.4, -0.2) is 4.40 Å². The molecule has 0 spiro atoms. The number of aromatic nitrogens is 1. The van der Waals surface area contributed by atoms with Gasteiger partial charge in [0.15, 0.2) is 11.2 Å². The minimum Gasteiger partial charge on any atom is -0.454 e.